The number of carbonyl (C=O) groups is 1. The third kappa shape index (κ3) is 5.20. The second kappa shape index (κ2) is 10.4. The third-order valence-electron chi connectivity index (χ3n) is 5.64. The molecule has 180 valence electrons. The van der Waals surface area contributed by atoms with E-state index < -0.39 is 12.2 Å². The number of carbonyl (C=O) groups excluding carboxylic acids is 1. The van der Waals surface area contributed by atoms with Gasteiger partial charge in [0.25, 0.3) is 0 Å². The Bertz CT molecular complexity index is 1260. The quantitative estimate of drug-likeness (QED) is 0.517. The lowest BCUT2D eigenvalue weighted by atomic mass is 10.0. The van der Waals surface area contributed by atoms with Gasteiger partial charge in [0.1, 0.15) is 12.4 Å². The summed E-state index contributed by atoms with van der Waals surface area (Å²) in [6, 6.07) is 5.53. The van der Waals surface area contributed by atoms with Crippen LogP contribution in [-0.2, 0) is 18.9 Å². The number of cyclic esters (lactones) is 1. The average Bonchev–Trinajstić information content (AvgIpc) is 3.29. The zero-order valence-electron chi connectivity index (χ0n) is 19.3. The molecule has 1 unspecified atom stereocenters. The molecular weight excluding hydrogens is 450 g/mol. The first-order valence-electron chi connectivity index (χ1n) is 11.3. The van der Waals surface area contributed by atoms with Crippen LogP contribution in [-0.4, -0.2) is 53.9 Å². The Balaban J connectivity index is 1.13. The van der Waals surface area contributed by atoms with Crippen molar-refractivity contribution in [2.75, 3.05) is 26.9 Å². The van der Waals surface area contributed by atoms with Crippen molar-refractivity contribution in [3.05, 3.63) is 84.0 Å². The molecule has 1 saturated heterocycles. The fourth-order valence-corrected chi connectivity index (χ4v) is 3.89. The van der Waals surface area contributed by atoms with Crippen LogP contribution >= 0.6 is 0 Å². The van der Waals surface area contributed by atoms with Crippen molar-refractivity contribution in [3.63, 3.8) is 0 Å². The summed E-state index contributed by atoms with van der Waals surface area (Å²) in [5.74, 6) is 1.43. The zero-order valence-corrected chi connectivity index (χ0v) is 19.3. The number of methoxy groups -OCH3 is 1. The Morgan fingerprint density at radius 1 is 1.26 bits per heavy atom. The fraction of sp³-hybridized carbons (Fsp3) is 0.269. The monoisotopic (exact) mass is 475 g/mol. The van der Waals surface area contributed by atoms with Gasteiger partial charge in [0.05, 0.1) is 37.9 Å². The van der Waals surface area contributed by atoms with Gasteiger partial charge in [-0.25, -0.2) is 14.7 Å². The van der Waals surface area contributed by atoms with Crippen molar-refractivity contribution in [1.82, 2.24) is 14.9 Å². The number of aromatic nitrogens is 2. The lowest BCUT2D eigenvalue weighted by Gasteiger charge is -2.23. The van der Waals surface area contributed by atoms with E-state index >= 15 is 0 Å². The highest BCUT2D eigenvalue weighted by atomic mass is 16.6. The van der Waals surface area contributed by atoms with E-state index in [9.17, 15) is 4.79 Å². The van der Waals surface area contributed by atoms with E-state index in [2.05, 4.69) is 16.0 Å². The molecule has 0 saturated carbocycles. The number of hydrogen-bond donors (Lipinski definition) is 0. The van der Waals surface area contributed by atoms with Crippen LogP contribution in [0.4, 0.5) is 4.79 Å². The van der Waals surface area contributed by atoms with Gasteiger partial charge in [-0.3, -0.25) is 4.98 Å². The lowest BCUT2D eigenvalue weighted by Crippen LogP contribution is -2.28. The number of pyridine rings is 2. The number of fused-ring (bicyclic) bond motifs is 1. The number of nitrogens with zero attached hydrogens (tertiary/aromatic N) is 3. The van der Waals surface area contributed by atoms with Crippen LogP contribution < -0.4 is 4.74 Å². The molecule has 9 nitrogen and oxygen atoms in total. The highest BCUT2D eigenvalue weighted by molar-refractivity contribution is 5.84. The molecule has 9 heteroatoms. The summed E-state index contributed by atoms with van der Waals surface area (Å²) < 4.78 is 27.7. The molecule has 2 aromatic heterocycles. The van der Waals surface area contributed by atoms with Crippen molar-refractivity contribution in [1.29, 1.82) is 0 Å². The molecule has 0 spiro atoms. The number of allylic oxidation sites excluding steroid dienone is 4. The van der Waals surface area contributed by atoms with Crippen LogP contribution in [0, 0.1) is 0 Å². The van der Waals surface area contributed by atoms with E-state index in [-0.39, 0.29) is 6.61 Å². The molecule has 0 bridgehead atoms. The zero-order chi connectivity index (χ0) is 24.0. The fourth-order valence-electron chi connectivity index (χ4n) is 3.89. The lowest BCUT2D eigenvalue weighted by molar-refractivity contribution is 0.0579. The first-order valence-corrected chi connectivity index (χ1v) is 11.3. The molecular formula is C26H25N3O6. The van der Waals surface area contributed by atoms with Crippen LogP contribution in [0.2, 0.25) is 0 Å². The average molecular weight is 476 g/mol. The second-order valence-electron chi connectivity index (χ2n) is 8.01. The maximum absolute atomic E-state index is 12.4. The molecule has 1 amide bonds. The van der Waals surface area contributed by atoms with Crippen LogP contribution in [0.5, 0.6) is 5.88 Å². The van der Waals surface area contributed by atoms with E-state index in [0.717, 1.165) is 35.0 Å². The van der Waals surface area contributed by atoms with Gasteiger partial charge in [-0.15, -0.1) is 0 Å². The van der Waals surface area contributed by atoms with Crippen LogP contribution in [0.1, 0.15) is 18.4 Å². The Hall–Kier alpha value is -4.11. The minimum Gasteiger partial charge on any atom is -0.481 e. The van der Waals surface area contributed by atoms with Gasteiger partial charge in [-0.05, 0) is 30.5 Å². The van der Waals surface area contributed by atoms with Crippen molar-refractivity contribution in [3.8, 4) is 5.88 Å². The Kier molecular flexibility index (Phi) is 6.76. The number of amides is 1. The molecule has 2 aromatic rings. The summed E-state index contributed by atoms with van der Waals surface area (Å²) in [6.07, 6.45) is 15.4. The van der Waals surface area contributed by atoms with Gasteiger partial charge in [-0.2, -0.15) is 0 Å². The maximum atomic E-state index is 12.4. The summed E-state index contributed by atoms with van der Waals surface area (Å²) >= 11 is 0. The number of ether oxygens (including phenoxy) is 5. The summed E-state index contributed by atoms with van der Waals surface area (Å²) in [5.41, 5.74) is 3.46. The standard InChI is InChI=1S/C26H25N3O6/c1-31-23-10-9-21-25(28-23)19(11-12-27-21)8-5-13-32-15-20-14-29(26(30)34-20)24-17-33-16-22(35-24)18-6-3-2-4-7-18/h2-3,5-6,8-12,16-17,20H,4,7,13-15H2,1H3/b8-5+. The number of rotatable bonds is 8. The summed E-state index contributed by atoms with van der Waals surface area (Å²) in [5, 5.41) is 0. The van der Waals surface area contributed by atoms with Crippen LogP contribution in [0.25, 0.3) is 17.1 Å². The van der Waals surface area contributed by atoms with Gasteiger partial charge in [0, 0.05) is 17.8 Å². The van der Waals surface area contributed by atoms with E-state index in [1.807, 2.05) is 36.4 Å². The molecule has 4 heterocycles. The molecule has 0 N–H and O–H groups in total. The van der Waals surface area contributed by atoms with E-state index in [1.165, 1.54) is 11.2 Å². The molecule has 3 aliphatic rings. The molecule has 2 aliphatic heterocycles. The van der Waals surface area contributed by atoms with Crippen LogP contribution in [0.15, 0.2) is 78.4 Å². The molecule has 0 aromatic carbocycles. The molecule has 1 aliphatic carbocycles. The molecule has 1 fully saturated rings. The first-order chi connectivity index (χ1) is 17.2. The Labute approximate surface area is 202 Å². The molecule has 35 heavy (non-hydrogen) atoms. The highest BCUT2D eigenvalue weighted by Crippen LogP contribution is 2.29. The smallest absolute Gasteiger partial charge is 0.417 e. The van der Waals surface area contributed by atoms with Gasteiger partial charge in [-0.1, -0.05) is 30.4 Å². The van der Waals surface area contributed by atoms with E-state index in [1.54, 1.807) is 25.6 Å². The Morgan fingerprint density at radius 3 is 3.06 bits per heavy atom. The van der Waals surface area contributed by atoms with Gasteiger partial charge >= 0.3 is 6.09 Å². The van der Waals surface area contributed by atoms with Crippen molar-refractivity contribution < 1.29 is 28.5 Å². The predicted octanol–water partition coefficient (Wildman–Crippen LogP) is 4.45. The van der Waals surface area contributed by atoms with Gasteiger partial charge in [0.2, 0.25) is 11.8 Å². The van der Waals surface area contributed by atoms with Gasteiger partial charge in [0.15, 0.2) is 12.0 Å². The molecule has 5 rings (SSSR count). The van der Waals surface area contributed by atoms with Gasteiger partial charge < -0.3 is 23.7 Å². The summed E-state index contributed by atoms with van der Waals surface area (Å²) in [4.78, 5) is 22.6. The predicted molar refractivity (Wildman–Crippen MR) is 128 cm³/mol. The van der Waals surface area contributed by atoms with Crippen LogP contribution in [0.3, 0.4) is 0 Å². The summed E-state index contributed by atoms with van der Waals surface area (Å²) in [6.45, 7) is 0.907. The maximum Gasteiger partial charge on any atom is 0.417 e. The SMILES string of the molecule is COc1ccc2nccc(/C=C/COCC3CN(C4=COC=C(C5=CC=CCC5)O4)C(=O)O3)c2n1. The Morgan fingerprint density at radius 2 is 2.20 bits per heavy atom. The minimum absolute atomic E-state index is 0.253. The molecule has 0 radical (unpaired) electrons. The highest BCUT2D eigenvalue weighted by Gasteiger charge is 2.36. The molecule has 1 atom stereocenters. The topological polar surface area (TPSA) is 92.2 Å². The largest absolute Gasteiger partial charge is 0.481 e. The van der Waals surface area contributed by atoms with E-state index in [4.69, 9.17) is 23.7 Å². The van der Waals surface area contributed by atoms with Crippen molar-refractivity contribution in [2.45, 2.75) is 18.9 Å². The third-order valence-corrected chi connectivity index (χ3v) is 5.64. The van der Waals surface area contributed by atoms with E-state index in [0.29, 0.717) is 30.7 Å². The number of hydrogen-bond acceptors (Lipinski definition) is 8. The van der Waals surface area contributed by atoms with Crippen molar-refractivity contribution in [2.24, 2.45) is 0 Å². The second-order valence-corrected chi connectivity index (χ2v) is 8.01. The minimum atomic E-state index is -0.494. The summed E-state index contributed by atoms with van der Waals surface area (Å²) in [7, 11) is 1.58. The normalized spacial score (nSPS) is 19.7. The van der Waals surface area contributed by atoms with Crippen molar-refractivity contribution >= 4 is 23.2 Å². The first kappa shape index (κ1) is 22.7.